The van der Waals surface area contributed by atoms with Crippen molar-refractivity contribution in [3.8, 4) is 0 Å². The van der Waals surface area contributed by atoms with E-state index in [0.29, 0.717) is 10.6 Å². The number of aromatic nitrogens is 1. The predicted molar refractivity (Wildman–Crippen MR) is 115 cm³/mol. The van der Waals surface area contributed by atoms with Crippen molar-refractivity contribution in [1.82, 2.24) is 9.88 Å². The summed E-state index contributed by atoms with van der Waals surface area (Å²) in [5, 5.41) is 15.8. The lowest BCUT2D eigenvalue weighted by Gasteiger charge is -2.13. The lowest BCUT2D eigenvalue weighted by atomic mass is 10.1. The van der Waals surface area contributed by atoms with Crippen molar-refractivity contribution in [3.63, 3.8) is 0 Å². The molecule has 1 aliphatic heterocycles. The van der Waals surface area contributed by atoms with Crippen LogP contribution in [0.4, 0.5) is 11.4 Å². The third-order valence-electron chi connectivity index (χ3n) is 4.42. The number of hydrogen-bond acceptors (Lipinski definition) is 8. The average molecular weight is 454 g/mol. The molecule has 0 radical (unpaired) electrons. The molecule has 31 heavy (non-hydrogen) atoms. The number of benzene rings is 2. The van der Waals surface area contributed by atoms with Crippen LogP contribution in [0.5, 0.6) is 0 Å². The number of nitro groups is 1. The van der Waals surface area contributed by atoms with E-state index in [-0.39, 0.29) is 11.1 Å². The van der Waals surface area contributed by atoms with Gasteiger partial charge in [-0.2, -0.15) is 0 Å². The van der Waals surface area contributed by atoms with E-state index in [9.17, 15) is 24.5 Å². The van der Waals surface area contributed by atoms with Crippen molar-refractivity contribution in [2.75, 3.05) is 11.9 Å². The maximum absolute atomic E-state index is 12.6. The number of nitrogens with zero attached hydrogens (tertiary/aromatic N) is 3. The summed E-state index contributed by atoms with van der Waals surface area (Å²) in [4.78, 5) is 53.9. The maximum atomic E-state index is 12.6. The number of carbonyl (C=O) groups is 3. The maximum Gasteiger partial charge on any atom is 0.282 e. The molecule has 2 aromatic carbocycles. The zero-order valence-electron chi connectivity index (χ0n) is 16.0. The topological polar surface area (TPSA) is 123 Å². The second kappa shape index (κ2) is 8.28. The molecule has 0 aliphatic carbocycles. The van der Waals surface area contributed by atoms with Crippen molar-refractivity contribution in [3.05, 3.63) is 74.8 Å². The number of carbonyl (C=O) groups excluding carboxylic acids is 3. The number of hydrogen-bond donors (Lipinski definition) is 1. The highest BCUT2D eigenvalue weighted by Crippen LogP contribution is 2.32. The Morgan fingerprint density at radius 1 is 1.19 bits per heavy atom. The minimum absolute atomic E-state index is 0.0780. The Labute approximate surface area is 184 Å². The minimum Gasteiger partial charge on any atom is -0.325 e. The highest BCUT2D eigenvalue weighted by atomic mass is 32.2. The van der Waals surface area contributed by atoms with Crippen LogP contribution in [0.25, 0.3) is 0 Å². The van der Waals surface area contributed by atoms with E-state index in [4.69, 9.17) is 0 Å². The number of amides is 3. The number of thiazole rings is 1. The van der Waals surface area contributed by atoms with Crippen molar-refractivity contribution in [1.29, 1.82) is 0 Å². The third kappa shape index (κ3) is 4.18. The number of nitrogens with one attached hydrogen (secondary N) is 1. The molecule has 3 aromatic rings. The monoisotopic (exact) mass is 454 g/mol. The number of fused-ring (bicyclic) bond motifs is 1. The third-order valence-corrected chi connectivity index (χ3v) is 6.48. The predicted octanol–water partition coefficient (Wildman–Crippen LogP) is 3.75. The molecular weight excluding hydrogens is 440 g/mol. The molecule has 0 saturated carbocycles. The fourth-order valence-electron chi connectivity index (χ4n) is 3.04. The van der Waals surface area contributed by atoms with Gasteiger partial charge in [-0.15, -0.1) is 11.3 Å². The summed E-state index contributed by atoms with van der Waals surface area (Å²) >= 11 is 3.05. The van der Waals surface area contributed by atoms with Gasteiger partial charge in [0, 0.05) is 27.7 Å². The molecule has 0 saturated heterocycles. The minimum atomic E-state index is -0.854. The normalized spacial score (nSPS) is 12.7. The van der Waals surface area contributed by atoms with Crippen LogP contribution in [0.3, 0.4) is 0 Å². The first-order valence-electron chi connectivity index (χ1n) is 8.97. The van der Waals surface area contributed by atoms with Gasteiger partial charge in [0.1, 0.15) is 12.1 Å². The van der Waals surface area contributed by atoms with Crippen LogP contribution in [-0.2, 0) is 4.79 Å². The Hall–Kier alpha value is -3.57. The van der Waals surface area contributed by atoms with Crippen LogP contribution >= 0.6 is 23.1 Å². The van der Waals surface area contributed by atoms with Gasteiger partial charge in [0.15, 0.2) is 4.34 Å². The summed E-state index contributed by atoms with van der Waals surface area (Å²) in [7, 11) is 0. The summed E-state index contributed by atoms with van der Waals surface area (Å²) in [5.74, 6) is -2.18. The fourth-order valence-corrected chi connectivity index (χ4v) is 4.85. The van der Waals surface area contributed by atoms with Crippen molar-refractivity contribution < 1.29 is 19.3 Å². The first-order chi connectivity index (χ1) is 14.8. The van der Waals surface area contributed by atoms with Crippen LogP contribution in [0.1, 0.15) is 26.4 Å². The summed E-state index contributed by atoms with van der Waals surface area (Å²) in [5.41, 5.74) is 0.624. The van der Waals surface area contributed by atoms with Crippen molar-refractivity contribution >= 4 is 52.2 Å². The zero-order chi connectivity index (χ0) is 22.1. The number of nitro benzene ring substituents is 1. The molecular formula is C20H14N4O5S2. The van der Waals surface area contributed by atoms with Crippen LogP contribution in [0, 0.1) is 17.0 Å². The van der Waals surface area contributed by atoms with E-state index < -0.39 is 34.9 Å². The van der Waals surface area contributed by atoms with Gasteiger partial charge in [-0.1, -0.05) is 17.8 Å². The van der Waals surface area contributed by atoms with Gasteiger partial charge in [0.05, 0.1) is 10.5 Å². The smallest absolute Gasteiger partial charge is 0.282 e. The van der Waals surface area contributed by atoms with Gasteiger partial charge in [0.2, 0.25) is 5.91 Å². The van der Waals surface area contributed by atoms with Gasteiger partial charge >= 0.3 is 0 Å². The molecule has 0 atom stereocenters. The molecule has 1 N–H and O–H groups in total. The quantitative estimate of drug-likeness (QED) is 0.342. The lowest BCUT2D eigenvalue weighted by Crippen LogP contribution is -2.37. The van der Waals surface area contributed by atoms with Gasteiger partial charge in [-0.25, -0.2) is 4.98 Å². The molecule has 156 valence electrons. The highest BCUT2D eigenvalue weighted by molar-refractivity contribution is 8.01. The summed E-state index contributed by atoms with van der Waals surface area (Å²) in [6.45, 7) is 1.38. The first-order valence-corrected chi connectivity index (χ1v) is 10.7. The molecule has 1 aromatic heterocycles. The molecule has 0 fully saturated rings. The van der Waals surface area contributed by atoms with E-state index in [0.717, 1.165) is 21.0 Å². The SMILES string of the molecule is Cc1csc(Sc2ccc(NC(=O)CN3C(=O)c4cccc([N+](=O)[O-])c4C3=O)cc2)n1. The molecule has 3 amide bonds. The van der Waals surface area contributed by atoms with Crippen molar-refractivity contribution in [2.45, 2.75) is 16.2 Å². The molecule has 4 rings (SSSR count). The largest absolute Gasteiger partial charge is 0.325 e. The molecule has 9 nitrogen and oxygen atoms in total. The zero-order valence-corrected chi connectivity index (χ0v) is 17.7. The Kier molecular flexibility index (Phi) is 5.53. The van der Waals surface area contributed by atoms with E-state index >= 15 is 0 Å². The van der Waals surface area contributed by atoms with E-state index in [2.05, 4.69) is 10.3 Å². The highest BCUT2D eigenvalue weighted by Gasteiger charge is 2.41. The summed E-state index contributed by atoms with van der Waals surface area (Å²) in [6, 6.07) is 10.9. The number of imide groups is 1. The standard InChI is InChI=1S/C20H14N4O5S2/c1-11-10-30-20(21-11)31-13-7-5-12(6-8-13)22-16(25)9-23-18(26)14-3-2-4-15(24(28)29)17(14)19(23)27/h2-8,10H,9H2,1H3,(H,22,25). The first kappa shape index (κ1) is 20.7. The average Bonchev–Trinajstić information content (AvgIpc) is 3.25. The lowest BCUT2D eigenvalue weighted by molar-refractivity contribution is -0.385. The van der Waals surface area contributed by atoms with Crippen LogP contribution < -0.4 is 5.32 Å². The summed E-state index contributed by atoms with van der Waals surface area (Å²) in [6.07, 6.45) is 0. The van der Waals surface area contributed by atoms with Gasteiger partial charge in [-0.05, 0) is 37.3 Å². The Morgan fingerprint density at radius 3 is 2.58 bits per heavy atom. The molecule has 0 bridgehead atoms. The summed E-state index contributed by atoms with van der Waals surface area (Å²) < 4.78 is 0.911. The van der Waals surface area contributed by atoms with Gasteiger partial charge in [-0.3, -0.25) is 29.4 Å². The number of anilines is 1. The Bertz CT molecular complexity index is 1220. The molecule has 0 spiro atoms. The van der Waals surface area contributed by atoms with Crippen LogP contribution in [-0.4, -0.2) is 39.1 Å². The second-order valence-electron chi connectivity index (χ2n) is 6.58. The molecule has 0 unspecified atom stereocenters. The fraction of sp³-hybridized carbons (Fsp3) is 0.100. The van der Waals surface area contributed by atoms with Crippen LogP contribution in [0.2, 0.25) is 0 Å². The molecule has 2 heterocycles. The van der Waals surface area contributed by atoms with Gasteiger partial charge in [0.25, 0.3) is 17.5 Å². The van der Waals surface area contributed by atoms with E-state index in [1.807, 2.05) is 24.4 Å². The van der Waals surface area contributed by atoms with E-state index in [1.54, 1.807) is 23.5 Å². The number of rotatable bonds is 6. The Balaban J connectivity index is 1.42. The second-order valence-corrected chi connectivity index (χ2v) is 8.76. The number of aryl methyl sites for hydroxylation is 1. The Morgan fingerprint density at radius 2 is 1.94 bits per heavy atom. The van der Waals surface area contributed by atoms with Crippen LogP contribution in [0.15, 0.2) is 57.1 Å². The van der Waals surface area contributed by atoms with E-state index in [1.165, 1.54) is 23.9 Å². The molecule has 11 heteroatoms. The van der Waals surface area contributed by atoms with Gasteiger partial charge < -0.3 is 5.32 Å². The van der Waals surface area contributed by atoms with Crippen molar-refractivity contribution in [2.24, 2.45) is 0 Å². The molecule has 1 aliphatic rings.